The van der Waals surface area contributed by atoms with Gasteiger partial charge in [0.05, 0.1) is 33.7 Å². The van der Waals surface area contributed by atoms with Crippen LogP contribution in [0.4, 0.5) is 21.7 Å². The Hall–Kier alpha value is -3.79. The second-order valence-corrected chi connectivity index (χ2v) is 11.2. The van der Waals surface area contributed by atoms with Gasteiger partial charge in [0.2, 0.25) is 0 Å². The summed E-state index contributed by atoms with van der Waals surface area (Å²) in [6.07, 6.45) is 3.36. The highest BCUT2D eigenvalue weighted by molar-refractivity contribution is 6.30. The normalized spacial score (nSPS) is 16.8. The molecule has 5 rings (SSSR count). The van der Waals surface area contributed by atoms with Crippen LogP contribution in [0.5, 0.6) is 0 Å². The highest BCUT2D eigenvalue weighted by atomic mass is 35.5. The first-order valence-corrected chi connectivity index (χ1v) is 13.2. The number of piperazine rings is 1. The highest BCUT2D eigenvalue weighted by Gasteiger charge is 2.39. The fraction of sp³-hybridized carbons (Fsp3) is 0.393. The Kier molecular flexibility index (Phi) is 6.92. The Morgan fingerprint density at radius 2 is 1.90 bits per heavy atom. The highest BCUT2D eigenvalue weighted by Crippen LogP contribution is 2.42. The van der Waals surface area contributed by atoms with E-state index >= 15 is 0 Å². The van der Waals surface area contributed by atoms with Crippen LogP contribution in [-0.4, -0.2) is 62.0 Å². The zero-order valence-electron chi connectivity index (χ0n) is 22.3. The van der Waals surface area contributed by atoms with Crippen molar-refractivity contribution in [3.63, 3.8) is 0 Å². The number of hydrogen-bond acceptors (Lipinski definition) is 7. The Labute approximate surface area is 231 Å². The summed E-state index contributed by atoms with van der Waals surface area (Å²) in [7, 11) is 0. The van der Waals surface area contributed by atoms with Crippen molar-refractivity contribution in [3.8, 4) is 0 Å². The van der Waals surface area contributed by atoms with Crippen LogP contribution in [0, 0.1) is 19.7 Å². The maximum Gasteiger partial charge on any atom is 0.337 e. The molecule has 0 bridgehead atoms. The predicted octanol–water partition coefficient (Wildman–Crippen LogP) is 5.34. The van der Waals surface area contributed by atoms with E-state index in [-0.39, 0.29) is 28.1 Å². The van der Waals surface area contributed by atoms with Gasteiger partial charge in [-0.2, -0.15) is 0 Å². The Bertz CT molecular complexity index is 1450. The molecule has 1 aliphatic carbocycles. The maximum atomic E-state index is 13.9. The minimum Gasteiger partial charge on any atom is -0.478 e. The molecule has 1 amide bonds. The van der Waals surface area contributed by atoms with Gasteiger partial charge in [0.1, 0.15) is 17.3 Å². The van der Waals surface area contributed by atoms with Crippen molar-refractivity contribution < 1.29 is 19.1 Å². The molecule has 3 heterocycles. The first kappa shape index (κ1) is 26.8. The van der Waals surface area contributed by atoms with Crippen molar-refractivity contribution in [2.75, 3.05) is 29.9 Å². The number of nitrogens with zero attached hydrogens (tertiary/aromatic N) is 5. The number of rotatable bonds is 6. The van der Waals surface area contributed by atoms with Crippen LogP contribution in [0.2, 0.25) is 5.02 Å². The number of nitrogens with one attached hydrogen (secondary N) is 1. The zero-order chi connectivity index (χ0) is 28.1. The molecular formula is C28H30ClFN6O3. The lowest BCUT2D eigenvalue weighted by Crippen LogP contribution is -2.61. The van der Waals surface area contributed by atoms with Crippen LogP contribution in [0.3, 0.4) is 0 Å². The topological polar surface area (TPSA) is 112 Å². The van der Waals surface area contributed by atoms with E-state index in [0.29, 0.717) is 53.9 Å². The zero-order valence-corrected chi connectivity index (χ0v) is 23.0. The SMILES string of the molecule is Cc1cc(N2CCN(C(=O)c3cnc(Nc4ccc(Cl)c(F)c4)c(C4CC4)n3)C(C)(C)C2)nc(C)c1C(=O)O. The lowest BCUT2D eigenvalue weighted by atomic mass is 9.97. The minimum atomic E-state index is -0.993. The van der Waals surface area contributed by atoms with Crippen molar-refractivity contribution in [2.24, 2.45) is 0 Å². The number of carboxylic acid groups (broad SMARTS) is 1. The lowest BCUT2D eigenvalue weighted by molar-refractivity contribution is 0.0506. The van der Waals surface area contributed by atoms with E-state index in [1.54, 1.807) is 30.9 Å². The second-order valence-electron chi connectivity index (χ2n) is 10.8. The van der Waals surface area contributed by atoms with E-state index in [9.17, 15) is 19.1 Å². The van der Waals surface area contributed by atoms with Gasteiger partial charge in [-0.25, -0.2) is 24.1 Å². The summed E-state index contributed by atoms with van der Waals surface area (Å²) in [6, 6.07) is 6.23. The number of carbonyl (C=O) groups excluding carboxylic acids is 1. The lowest BCUT2D eigenvalue weighted by Gasteiger charge is -2.47. The molecule has 2 fully saturated rings. The standard InChI is InChI=1S/C28H30ClFN6O3/c1-15-11-22(32-16(2)23(15)27(38)39)35-9-10-36(28(3,4)14-35)26(37)21-13-31-25(24(34-21)17-5-6-17)33-18-7-8-19(29)20(30)12-18/h7-8,11-13,17H,5-6,9-10,14H2,1-4H3,(H,31,33)(H,38,39). The molecule has 0 atom stereocenters. The summed E-state index contributed by atoms with van der Waals surface area (Å²) in [6.45, 7) is 8.94. The molecule has 1 aliphatic heterocycles. The van der Waals surface area contributed by atoms with E-state index in [1.807, 2.05) is 13.8 Å². The summed E-state index contributed by atoms with van der Waals surface area (Å²) < 4.78 is 13.9. The number of halogens is 2. The molecule has 39 heavy (non-hydrogen) atoms. The molecule has 0 unspecified atom stereocenters. The average molecular weight is 553 g/mol. The van der Waals surface area contributed by atoms with Crippen LogP contribution in [0.1, 0.15) is 70.4 Å². The van der Waals surface area contributed by atoms with Crippen LogP contribution < -0.4 is 10.2 Å². The summed E-state index contributed by atoms with van der Waals surface area (Å²) >= 11 is 5.80. The van der Waals surface area contributed by atoms with Gasteiger partial charge < -0.3 is 20.2 Å². The molecule has 2 aliphatic rings. The van der Waals surface area contributed by atoms with E-state index in [1.165, 1.54) is 18.3 Å². The molecule has 3 aromatic rings. The molecule has 1 saturated carbocycles. The number of anilines is 3. The van der Waals surface area contributed by atoms with Crippen molar-refractivity contribution >= 4 is 40.8 Å². The Balaban J connectivity index is 1.36. The van der Waals surface area contributed by atoms with Gasteiger partial charge in [-0.05, 0) is 70.4 Å². The molecule has 1 aromatic carbocycles. The third-order valence-electron chi connectivity index (χ3n) is 7.23. The summed E-state index contributed by atoms with van der Waals surface area (Å²) in [5.74, 6) is -0.343. The monoisotopic (exact) mass is 552 g/mol. The van der Waals surface area contributed by atoms with E-state index in [4.69, 9.17) is 16.6 Å². The number of amides is 1. The van der Waals surface area contributed by atoms with Crippen LogP contribution >= 0.6 is 11.6 Å². The molecule has 0 spiro atoms. The van der Waals surface area contributed by atoms with E-state index in [2.05, 4.69) is 20.2 Å². The number of hydrogen-bond donors (Lipinski definition) is 2. The number of benzene rings is 1. The van der Waals surface area contributed by atoms with Crippen LogP contribution in [-0.2, 0) is 0 Å². The molecule has 2 aromatic heterocycles. The largest absolute Gasteiger partial charge is 0.478 e. The third-order valence-corrected chi connectivity index (χ3v) is 7.54. The van der Waals surface area contributed by atoms with Gasteiger partial charge in [-0.1, -0.05) is 11.6 Å². The molecule has 1 saturated heterocycles. The Morgan fingerprint density at radius 3 is 2.51 bits per heavy atom. The summed E-state index contributed by atoms with van der Waals surface area (Å²) in [5, 5.41) is 12.6. The van der Waals surface area contributed by atoms with E-state index in [0.717, 1.165) is 12.8 Å². The third kappa shape index (κ3) is 5.38. The fourth-order valence-electron chi connectivity index (χ4n) is 5.12. The predicted molar refractivity (Wildman–Crippen MR) is 147 cm³/mol. The van der Waals surface area contributed by atoms with Gasteiger partial charge in [0, 0.05) is 31.2 Å². The second kappa shape index (κ2) is 10.1. The van der Waals surface area contributed by atoms with Gasteiger partial charge in [0.25, 0.3) is 5.91 Å². The molecule has 11 heteroatoms. The molecular weight excluding hydrogens is 523 g/mol. The van der Waals surface area contributed by atoms with Crippen molar-refractivity contribution in [1.29, 1.82) is 0 Å². The van der Waals surface area contributed by atoms with Crippen LogP contribution in [0.15, 0.2) is 30.5 Å². The number of carbonyl (C=O) groups is 2. The number of aromatic nitrogens is 3. The quantitative estimate of drug-likeness (QED) is 0.421. The minimum absolute atomic E-state index is 0.0380. The number of carboxylic acids is 1. The Morgan fingerprint density at radius 1 is 1.15 bits per heavy atom. The average Bonchev–Trinajstić information content (AvgIpc) is 3.70. The number of pyridine rings is 1. The van der Waals surface area contributed by atoms with Gasteiger partial charge in [-0.15, -0.1) is 0 Å². The van der Waals surface area contributed by atoms with Crippen molar-refractivity contribution in [3.05, 3.63) is 69.5 Å². The molecule has 2 N–H and O–H groups in total. The summed E-state index contributed by atoms with van der Waals surface area (Å²) in [5.41, 5.74) is 2.24. The first-order chi connectivity index (χ1) is 18.4. The number of aryl methyl sites for hydroxylation is 2. The number of aromatic carboxylic acids is 1. The van der Waals surface area contributed by atoms with Crippen LogP contribution in [0.25, 0.3) is 0 Å². The maximum absolute atomic E-state index is 13.9. The van der Waals surface area contributed by atoms with Gasteiger partial charge in [-0.3, -0.25) is 4.79 Å². The van der Waals surface area contributed by atoms with Gasteiger partial charge >= 0.3 is 5.97 Å². The summed E-state index contributed by atoms with van der Waals surface area (Å²) in [4.78, 5) is 42.9. The smallest absolute Gasteiger partial charge is 0.337 e. The fourth-order valence-corrected chi connectivity index (χ4v) is 5.23. The molecule has 204 valence electrons. The first-order valence-electron chi connectivity index (χ1n) is 12.8. The van der Waals surface area contributed by atoms with Gasteiger partial charge in [0.15, 0.2) is 5.82 Å². The van der Waals surface area contributed by atoms with E-state index < -0.39 is 17.3 Å². The molecule has 0 radical (unpaired) electrons. The van der Waals surface area contributed by atoms with Crippen molar-refractivity contribution in [2.45, 2.75) is 52.0 Å². The molecule has 9 nitrogen and oxygen atoms in total. The van der Waals surface area contributed by atoms with Crippen molar-refractivity contribution in [1.82, 2.24) is 19.9 Å².